The summed E-state index contributed by atoms with van der Waals surface area (Å²) >= 11 is 0. The number of amides is 1. The van der Waals surface area contributed by atoms with E-state index in [4.69, 9.17) is 0 Å². The summed E-state index contributed by atoms with van der Waals surface area (Å²) in [5.74, 6) is -4.98. The van der Waals surface area contributed by atoms with Crippen molar-refractivity contribution in [1.82, 2.24) is 4.57 Å². The fraction of sp³-hybridized carbons (Fsp3) is 0.0556. The number of aromatic nitrogens is 1. The van der Waals surface area contributed by atoms with Gasteiger partial charge in [0.15, 0.2) is 17.5 Å². The molecular formula is C18H13F3N2O. The van der Waals surface area contributed by atoms with Crippen molar-refractivity contribution in [2.45, 2.75) is 6.92 Å². The maximum absolute atomic E-state index is 13.7. The number of rotatable bonds is 3. The number of anilines is 1. The van der Waals surface area contributed by atoms with Crippen molar-refractivity contribution in [1.29, 1.82) is 0 Å². The molecule has 3 aromatic rings. The number of halogens is 3. The third-order valence-electron chi connectivity index (χ3n) is 3.64. The Labute approximate surface area is 136 Å². The van der Waals surface area contributed by atoms with Crippen LogP contribution in [0.2, 0.25) is 0 Å². The van der Waals surface area contributed by atoms with Crippen LogP contribution in [0.3, 0.4) is 0 Å². The first kappa shape index (κ1) is 15.9. The Bertz CT molecular complexity index is 905. The molecule has 1 N–H and O–H groups in total. The summed E-state index contributed by atoms with van der Waals surface area (Å²) in [6, 6.07) is 10.4. The monoisotopic (exact) mass is 330 g/mol. The Hall–Kier alpha value is -3.02. The molecule has 0 saturated heterocycles. The van der Waals surface area contributed by atoms with Crippen molar-refractivity contribution in [3.8, 4) is 5.69 Å². The zero-order valence-electron chi connectivity index (χ0n) is 12.7. The normalized spacial score (nSPS) is 10.7. The largest absolute Gasteiger partial charge is 0.324 e. The van der Waals surface area contributed by atoms with E-state index in [1.54, 1.807) is 18.2 Å². The van der Waals surface area contributed by atoms with Gasteiger partial charge in [0.2, 0.25) is 0 Å². The van der Waals surface area contributed by atoms with Crippen molar-refractivity contribution in [3.05, 3.63) is 83.4 Å². The van der Waals surface area contributed by atoms with Crippen molar-refractivity contribution in [2.75, 3.05) is 5.32 Å². The molecule has 0 fully saturated rings. The van der Waals surface area contributed by atoms with Crippen molar-refractivity contribution >= 4 is 11.6 Å². The molecule has 0 bridgehead atoms. The van der Waals surface area contributed by atoms with Crippen molar-refractivity contribution < 1.29 is 18.0 Å². The molecule has 0 unspecified atom stereocenters. The smallest absolute Gasteiger partial charge is 0.255 e. The Kier molecular flexibility index (Phi) is 4.12. The number of nitrogens with one attached hydrogen (secondary N) is 1. The number of carbonyl (C=O) groups is 1. The fourth-order valence-corrected chi connectivity index (χ4v) is 2.34. The second kappa shape index (κ2) is 6.23. The highest BCUT2D eigenvalue weighted by molar-refractivity contribution is 6.04. The van der Waals surface area contributed by atoms with Gasteiger partial charge in [0.1, 0.15) is 0 Å². The van der Waals surface area contributed by atoms with Gasteiger partial charge >= 0.3 is 0 Å². The number of aryl methyl sites for hydroxylation is 1. The van der Waals surface area contributed by atoms with Gasteiger partial charge < -0.3 is 9.88 Å². The second-order valence-electron chi connectivity index (χ2n) is 5.27. The third-order valence-corrected chi connectivity index (χ3v) is 3.64. The van der Waals surface area contributed by atoms with Crippen LogP contribution in [0.1, 0.15) is 15.9 Å². The molecule has 0 spiro atoms. The molecule has 1 aromatic heterocycles. The first-order valence-electron chi connectivity index (χ1n) is 7.16. The summed E-state index contributed by atoms with van der Waals surface area (Å²) in [5, 5.41) is 2.26. The highest BCUT2D eigenvalue weighted by Gasteiger charge is 2.16. The average Bonchev–Trinajstić information content (AvgIpc) is 3.10. The van der Waals surface area contributed by atoms with Gasteiger partial charge in [-0.1, -0.05) is 6.07 Å². The second-order valence-corrected chi connectivity index (χ2v) is 5.27. The van der Waals surface area contributed by atoms with Crippen LogP contribution in [0, 0.1) is 24.4 Å². The fourth-order valence-electron chi connectivity index (χ4n) is 2.34. The minimum absolute atomic E-state index is 0.272. The topological polar surface area (TPSA) is 34.0 Å². The molecule has 2 aromatic carbocycles. The Morgan fingerprint density at radius 3 is 2.42 bits per heavy atom. The van der Waals surface area contributed by atoms with Crippen LogP contribution in [-0.4, -0.2) is 10.5 Å². The van der Waals surface area contributed by atoms with Crippen molar-refractivity contribution in [3.63, 3.8) is 0 Å². The molecule has 0 radical (unpaired) electrons. The van der Waals surface area contributed by atoms with E-state index in [9.17, 15) is 18.0 Å². The summed E-state index contributed by atoms with van der Waals surface area (Å²) in [6.07, 6.45) is 3.66. The minimum atomic E-state index is -1.62. The minimum Gasteiger partial charge on any atom is -0.324 e. The quantitative estimate of drug-likeness (QED) is 0.707. The van der Waals surface area contributed by atoms with E-state index in [1.807, 2.05) is 36.0 Å². The summed E-state index contributed by atoms with van der Waals surface area (Å²) < 4.78 is 41.7. The van der Waals surface area contributed by atoms with Gasteiger partial charge in [-0.05, 0) is 48.9 Å². The van der Waals surface area contributed by atoms with Gasteiger partial charge in [0, 0.05) is 23.6 Å². The van der Waals surface area contributed by atoms with E-state index < -0.39 is 29.0 Å². The zero-order chi connectivity index (χ0) is 17.3. The van der Waals surface area contributed by atoms with Crippen LogP contribution in [0.5, 0.6) is 0 Å². The molecule has 24 heavy (non-hydrogen) atoms. The lowest BCUT2D eigenvalue weighted by Gasteiger charge is -2.11. The molecule has 0 aliphatic rings. The molecule has 0 aliphatic carbocycles. The highest BCUT2D eigenvalue weighted by Crippen LogP contribution is 2.21. The van der Waals surface area contributed by atoms with Crippen LogP contribution < -0.4 is 5.32 Å². The molecule has 0 aliphatic heterocycles. The standard InChI is InChI=1S/C18H13F3N2O/c1-11-4-5-12(10-15(11)23-8-2-3-9-23)18(24)22-14-7-6-13(19)16(20)17(14)21/h2-10H,1H3,(H,22,24). The molecule has 0 atom stereocenters. The maximum Gasteiger partial charge on any atom is 0.255 e. The molecule has 122 valence electrons. The lowest BCUT2D eigenvalue weighted by atomic mass is 10.1. The highest BCUT2D eigenvalue weighted by atomic mass is 19.2. The van der Waals surface area contributed by atoms with E-state index in [0.29, 0.717) is 0 Å². The van der Waals surface area contributed by atoms with Crippen LogP contribution in [-0.2, 0) is 0 Å². The maximum atomic E-state index is 13.7. The molecule has 1 heterocycles. The lowest BCUT2D eigenvalue weighted by molar-refractivity contribution is 0.102. The van der Waals surface area contributed by atoms with E-state index in [2.05, 4.69) is 5.32 Å². The summed E-state index contributed by atoms with van der Waals surface area (Å²) in [4.78, 5) is 12.3. The van der Waals surface area contributed by atoms with Crippen LogP contribution in [0.15, 0.2) is 54.9 Å². The average molecular weight is 330 g/mol. The summed E-state index contributed by atoms with van der Waals surface area (Å²) in [7, 11) is 0. The lowest BCUT2D eigenvalue weighted by Crippen LogP contribution is -2.14. The molecule has 3 nitrogen and oxygen atoms in total. The van der Waals surface area contributed by atoms with Gasteiger partial charge in [-0.25, -0.2) is 13.2 Å². The Morgan fingerprint density at radius 2 is 1.71 bits per heavy atom. The number of benzene rings is 2. The molecule has 0 saturated carbocycles. The first-order valence-corrected chi connectivity index (χ1v) is 7.16. The van der Waals surface area contributed by atoms with Crippen LogP contribution >= 0.6 is 0 Å². The first-order chi connectivity index (χ1) is 11.5. The molecule has 6 heteroatoms. The van der Waals surface area contributed by atoms with E-state index >= 15 is 0 Å². The number of hydrogen-bond donors (Lipinski definition) is 1. The predicted octanol–water partition coefficient (Wildman–Crippen LogP) is 4.46. The van der Waals surface area contributed by atoms with E-state index in [0.717, 1.165) is 23.4 Å². The van der Waals surface area contributed by atoms with E-state index in [1.165, 1.54) is 0 Å². The third kappa shape index (κ3) is 2.90. The van der Waals surface area contributed by atoms with Crippen LogP contribution in [0.25, 0.3) is 5.69 Å². The van der Waals surface area contributed by atoms with Gasteiger partial charge in [-0.15, -0.1) is 0 Å². The molecule has 1 amide bonds. The number of hydrogen-bond acceptors (Lipinski definition) is 1. The van der Waals surface area contributed by atoms with Gasteiger partial charge in [0.05, 0.1) is 5.69 Å². The SMILES string of the molecule is Cc1ccc(C(=O)Nc2ccc(F)c(F)c2F)cc1-n1cccc1. The Morgan fingerprint density at radius 1 is 1.00 bits per heavy atom. The molecule has 3 rings (SSSR count). The van der Waals surface area contributed by atoms with Gasteiger partial charge in [0.25, 0.3) is 5.91 Å². The van der Waals surface area contributed by atoms with Crippen molar-refractivity contribution in [2.24, 2.45) is 0 Å². The van der Waals surface area contributed by atoms with Gasteiger partial charge in [-0.3, -0.25) is 4.79 Å². The predicted molar refractivity (Wildman–Crippen MR) is 84.8 cm³/mol. The summed E-state index contributed by atoms with van der Waals surface area (Å²) in [5.41, 5.74) is 1.59. The van der Waals surface area contributed by atoms with Crippen LogP contribution in [0.4, 0.5) is 18.9 Å². The zero-order valence-corrected chi connectivity index (χ0v) is 12.7. The number of nitrogens with zero attached hydrogens (tertiary/aromatic N) is 1. The summed E-state index contributed by atoms with van der Waals surface area (Å²) in [6.45, 7) is 1.89. The van der Waals surface area contributed by atoms with E-state index in [-0.39, 0.29) is 5.56 Å². The van der Waals surface area contributed by atoms with Gasteiger partial charge in [-0.2, -0.15) is 0 Å². The molecular weight excluding hydrogens is 317 g/mol. The number of carbonyl (C=O) groups excluding carboxylic acids is 1. The Balaban J connectivity index is 1.91.